The van der Waals surface area contributed by atoms with Crippen LogP contribution in [0.2, 0.25) is 0 Å². The molecule has 1 aromatic carbocycles. The smallest absolute Gasteiger partial charge is 0.240 e. The summed E-state index contributed by atoms with van der Waals surface area (Å²) in [5, 5.41) is 0. The van der Waals surface area contributed by atoms with Crippen LogP contribution in [0.3, 0.4) is 0 Å². The van der Waals surface area contributed by atoms with E-state index in [0.29, 0.717) is 23.9 Å². The number of sulfonamides is 1. The Balaban J connectivity index is 0.00000280. The van der Waals surface area contributed by atoms with Gasteiger partial charge >= 0.3 is 0 Å². The van der Waals surface area contributed by atoms with Gasteiger partial charge in [0.1, 0.15) is 0 Å². The van der Waals surface area contributed by atoms with Gasteiger partial charge in [0.05, 0.1) is 4.90 Å². The van der Waals surface area contributed by atoms with Gasteiger partial charge in [0.15, 0.2) is 0 Å². The molecule has 1 unspecified atom stereocenters. The fraction of sp³-hybridized carbons (Fsp3) is 0.650. The van der Waals surface area contributed by atoms with Crippen LogP contribution in [0.25, 0.3) is 0 Å². The van der Waals surface area contributed by atoms with Crippen molar-refractivity contribution in [2.45, 2.75) is 62.8 Å². The second-order valence-electron chi connectivity index (χ2n) is 7.86. The zero-order chi connectivity index (χ0) is 19.4. The van der Waals surface area contributed by atoms with E-state index in [9.17, 15) is 13.2 Å². The minimum atomic E-state index is -3.58. The first-order chi connectivity index (χ1) is 12.9. The maximum absolute atomic E-state index is 12.5. The largest absolute Gasteiger partial charge is 0.343 e. The first-order valence-corrected chi connectivity index (χ1v) is 11.5. The van der Waals surface area contributed by atoms with Crippen molar-refractivity contribution in [2.24, 2.45) is 11.7 Å². The minimum absolute atomic E-state index is 0. The number of piperidine rings is 1. The van der Waals surface area contributed by atoms with Crippen LogP contribution in [0.15, 0.2) is 23.1 Å². The molecule has 0 aromatic heterocycles. The van der Waals surface area contributed by atoms with E-state index in [1.165, 1.54) is 12.0 Å². The summed E-state index contributed by atoms with van der Waals surface area (Å²) in [4.78, 5) is 14.5. The molecule has 1 aromatic rings. The molecule has 0 radical (unpaired) electrons. The number of hydrogen-bond donors (Lipinski definition) is 2. The van der Waals surface area contributed by atoms with E-state index in [4.69, 9.17) is 5.73 Å². The third-order valence-corrected chi connectivity index (χ3v) is 7.36. The lowest BCUT2D eigenvalue weighted by atomic mass is 9.91. The maximum atomic E-state index is 12.5. The van der Waals surface area contributed by atoms with Crippen molar-refractivity contribution in [3.05, 3.63) is 29.3 Å². The number of likely N-dealkylation sites (tertiary alicyclic amines) is 1. The molecule has 1 saturated heterocycles. The Morgan fingerprint density at radius 1 is 1.21 bits per heavy atom. The molecule has 0 saturated carbocycles. The summed E-state index contributed by atoms with van der Waals surface area (Å²) in [5.74, 6) is 0.475. The summed E-state index contributed by atoms with van der Waals surface area (Å²) < 4.78 is 27.7. The van der Waals surface area contributed by atoms with Crippen LogP contribution >= 0.6 is 12.4 Å². The van der Waals surface area contributed by atoms with Crippen LogP contribution in [0.5, 0.6) is 0 Å². The van der Waals surface area contributed by atoms with Gasteiger partial charge in [-0.15, -0.1) is 12.4 Å². The maximum Gasteiger partial charge on any atom is 0.240 e. The Bertz CT molecular complexity index is 775. The van der Waals surface area contributed by atoms with Crippen molar-refractivity contribution in [2.75, 3.05) is 19.6 Å². The molecule has 1 heterocycles. The van der Waals surface area contributed by atoms with Gasteiger partial charge in [-0.3, -0.25) is 4.79 Å². The van der Waals surface area contributed by atoms with Gasteiger partial charge in [0.25, 0.3) is 0 Å². The number of amides is 1. The van der Waals surface area contributed by atoms with Crippen molar-refractivity contribution in [3.8, 4) is 0 Å². The van der Waals surface area contributed by atoms with E-state index < -0.39 is 10.0 Å². The van der Waals surface area contributed by atoms with E-state index in [1.54, 1.807) is 12.1 Å². The Morgan fingerprint density at radius 3 is 2.50 bits per heavy atom. The lowest BCUT2D eigenvalue weighted by Gasteiger charge is -2.33. The summed E-state index contributed by atoms with van der Waals surface area (Å²) in [6, 6.07) is 5.55. The normalized spacial score (nSPS) is 18.9. The number of nitrogens with two attached hydrogens (primary N) is 1. The highest BCUT2D eigenvalue weighted by Gasteiger charge is 2.25. The third kappa shape index (κ3) is 5.69. The summed E-state index contributed by atoms with van der Waals surface area (Å²) in [5.41, 5.74) is 8.33. The number of carbonyl (C=O) groups is 1. The molecule has 158 valence electrons. The van der Waals surface area contributed by atoms with Crippen molar-refractivity contribution >= 4 is 28.3 Å². The quantitative estimate of drug-likeness (QED) is 0.725. The second kappa shape index (κ2) is 10.1. The number of fused-ring (bicyclic) bond motifs is 1. The number of hydrogen-bond acceptors (Lipinski definition) is 4. The number of nitrogens with zero attached hydrogens (tertiary/aromatic N) is 1. The Morgan fingerprint density at radius 2 is 1.86 bits per heavy atom. The molecule has 0 spiro atoms. The van der Waals surface area contributed by atoms with Crippen molar-refractivity contribution in [1.29, 1.82) is 0 Å². The lowest BCUT2D eigenvalue weighted by Crippen LogP contribution is -2.43. The SMILES string of the molecule is CC(N)C1CCN(C(=O)CCNS(=O)(=O)c2ccc3c(c2)CCCC3)CC1.Cl. The van der Waals surface area contributed by atoms with E-state index in [1.807, 2.05) is 17.9 Å². The predicted octanol–water partition coefficient (Wildman–Crippen LogP) is 2.24. The molecular weight excluding hydrogens is 398 g/mol. The average molecular weight is 430 g/mol. The van der Waals surface area contributed by atoms with Crippen LogP contribution in [0.4, 0.5) is 0 Å². The Hall–Kier alpha value is -1.15. The molecule has 3 N–H and O–H groups in total. The highest BCUT2D eigenvalue weighted by atomic mass is 35.5. The number of aryl methyl sites for hydroxylation is 2. The minimum Gasteiger partial charge on any atom is -0.343 e. The first kappa shape index (κ1) is 23.1. The van der Waals surface area contributed by atoms with Gasteiger partial charge in [-0.05, 0) is 74.6 Å². The summed E-state index contributed by atoms with van der Waals surface area (Å²) in [6.45, 7) is 3.56. The molecule has 3 rings (SSSR count). The number of halogens is 1. The monoisotopic (exact) mass is 429 g/mol. The number of carbonyl (C=O) groups excluding carboxylic acids is 1. The average Bonchev–Trinajstić information content (AvgIpc) is 2.67. The van der Waals surface area contributed by atoms with Crippen LogP contribution in [0, 0.1) is 5.92 Å². The topological polar surface area (TPSA) is 92.5 Å². The molecule has 1 atom stereocenters. The molecule has 1 aliphatic heterocycles. The molecule has 1 fully saturated rings. The summed E-state index contributed by atoms with van der Waals surface area (Å²) in [7, 11) is -3.58. The molecule has 28 heavy (non-hydrogen) atoms. The Labute approximate surface area is 174 Å². The van der Waals surface area contributed by atoms with Crippen LogP contribution < -0.4 is 10.5 Å². The Kier molecular flexibility index (Phi) is 8.30. The highest BCUT2D eigenvalue weighted by Crippen LogP contribution is 2.24. The molecule has 0 bridgehead atoms. The van der Waals surface area contributed by atoms with Crippen molar-refractivity contribution in [3.63, 3.8) is 0 Å². The molecule has 1 aliphatic carbocycles. The fourth-order valence-corrected chi connectivity index (χ4v) is 5.17. The predicted molar refractivity (Wildman–Crippen MR) is 113 cm³/mol. The van der Waals surface area contributed by atoms with Crippen molar-refractivity contribution in [1.82, 2.24) is 9.62 Å². The van der Waals surface area contributed by atoms with Gasteiger partial charge in [-0.2, -0.15) is 0 Å². The highest BCUT2D eigenvalue weighted by molar-refractivity contribution is 7.89. The molecule has 8 heteroatoms. The number of rotatable bonds is 6. The summed E-state index contributed by atoms with van der Waals surface area (Å²) >= 11 is 0. The van der Waals surface area contributed by atoms with Crippen LogP contribution in [-0.2, 0) is 27.7 Å². The number of benzene rings is 1. The standard InChI is InChI=1S/C20H31N3O3S.ClH/c1-15(21)16-9-12-23(13-10-16)20(24)8-11-22-27(25,26)19-7-6-17-4-2-3-5-18(17)14-19;/h6-7,14-16,22H,2-5,8-13,21H2,1H3;1H. The summed E-state index contributed by atoms with van der Waals surface area (Å²) in [6.07, 6.45) is 6.27. The van der Waals surface area contributed by atoms with Crippen LogP contribution in [0.1, 0.15) is 50.2 Å². The van der Waals surface area contributed by atoms with Gasteiger partial charge in [-0.1, -0.05) is 6.07 Å². The molecule has 6 nitrogen and oxygen atoms in total. The molecule has 2 aliphatic rings. The van der Waals surface area contributed by atoms with Crippen LogP contribution in [-0.4, -0.2) is 44.9 Å². The zero-order valence-corrected chi connectivity index (χ0v) is 18.2. The zero-order valence-electron chi connectivity index (χ0n) is 16.5. The van der Waals surface area contributed by atoms with E-state index in [2.05, 4.69) is 4.72 Å². The van der Waals surface area contributed by atoms with Gasteiger partial charge in [0, 0.05) is 32.1 Å². The van der Waals surface area contributed by atoms with Gasteiger partial charge in [-0.25, -0.2) is 13.1 Å². The first-order valence-electron chi connectivity index (χ1n) is 10.0. The molecular formula is C20H32ClN3O3S. The van der Waals surface area contributed by atoms with Gasteiger partial charge in [0.2, 0.25) is 15.9 Å². The lowest BCUT2D eigenvalue weighted by molar-refractivity contribution is -0.132. The van der Waals surface area contributed by atoms with E-state index in [-0.39, 0.29) is 37.3 Å². The number of nitrogens with one attached hydrogen (secondary N) is 1. The third-order valence-electron chi connectivity index (χ3n) is 5.90. The molecule has 1 amide bonds. The van der Waals surface area contributed by atoms with E-state index in [0.717, 1.165) is 37.7 Å². The van der Waals surface area contributed by atoms with Gasteiger partial charge < -0.3 is 10.6 Å². The van der Waals surface area contributed by atoms with Crippen molar-refractivity contribution < 1.29 is 13.2 Å². The second-order valence-corrected chi connectivity index (χ2v) is 9.63. The fourth-order valence-electron chi connectivity index (χ4n) is 4.09. The van der Waals surface area contributed by atoms with E-state index >= 15 is 0 Å².